The first-order valence-electron chi connectivity index (χ1n) is 9.64. The van der Waals surface area contributed by atoms with E-state index in [4.69, 9.17) is 4.74 Å². The maximum Gasteiger partial charge on any atom is 0.329 e. The van der Waals surface area contributed by atoms with Gasteiger partial charge in [-0.1, -0.05) is 60.7 Å². The lowest BCUT2D eigenvalue weighted by Crippen LogP contribution is -2.29. The van der Waals surface area contributed by atoms with E-state index in [1.807, 2.05) is 0 Å². The first kappa shape index (κ1) is 20.7. The van der Waals surface area contributed by atoms with Gasteiger partial charge < -0.3 is 4.74 Å². The molecule has 6 nitrogen and oxygen atoms in total. The van der Waals surface area contributed by atoms with Crippen molar-refractivity contribution in [3.05, 3.63) is 101 Å². The van der Waals surface area contributed by atoms with E-state index in [9.17, 15) is 22.8 Å². The van der Waals surface area contributed by atoms with Gasteiger partial charge >= 0.3 is 5.97 Å². The first-order chi connectivity index (χ1) is 14.9. The number of fused-ring (bicyclic) bond motifs is 2. The van der Waals surface area contributed by atoms with Crippen LogP contribution < -0.4 is 0 Å². The van der Waals surface area contributed by atoms with Crippen LogP contribution in [0.15, 0.2) is 77.7 Å². The third-order valence-electron chi connectivity index (χ3n) is 5.15. The Morgan fingerprint density at radius 2 is 1.39 bits per heavy atom. The van der Waals surface area contributed by atoms with Crippen LogP contribution in [0.5, 0.6) is 0 Å². The van der Waals surface area contributed by atoms with Crippen LogP contribution in [0.25, 0.3) is 0 Å². The van der Waals surface area contributed by atoms with Gasteiger partial charge in [0.1, 0.15) is 0 Å². The normalized spacial score (nSPS) is 13.8. The van der Waals surface area contributed by atoms with Crippen molar-refractivity contribution < 1.29 is 27.5 Å². The second kappa shape index (κ2) is 7.92. The summed E-state index contributed by atoms with van der Waals surface area (Å²) < 4.78 is 32.0. The number of rotatable bonds is 5. The molecule has 0 aliphatic heterocycles. The number of ether oxygens (including phenoxy) is 1. The number of carbonyl (C=O) groups excluding carboxylic acids is 3. The molecule has 0 amide bonds. The first-order valence-corrected chi connectivity index (χ1v) is 11.2. The molecular weight excluding hydrogens is 416 g/mol. The summed E-state index contributed by atoms with van der Waals surface area (Å²) in [7, 11) is -4.27. The molecule has 0 heterocycles. The molecule has 7 heteroatoms. The molecule has 3 aromatic carbocycles. The minimum atomic E-state index is -4.27. The van der Waals surface area contributed by atoms with E-state index in [1.165, 1.54) is 36.4 Å². The highest BCUT2D eigenvalue weighted by atomic mass is 32.2. The Morgan fingerprint density at radius 1 is 0.806 bits per heavy atom. The molecule has 1 unspecified atom stereocenters. The number of carbonyl (C=O) groups is 3. The highest BCUT2D eigenvalue weighted by Gasteiger charge is 2.42. The van der Waals surface area contributed by atoms with Crippen LogP contribution in [-0.2, 0) is 19.4 Å². The van der Waals surface area contributed by atoms with Gasteiger partial charge in [0.05, 0.1) is 11.5 Å². The molecule has 1 atom stereocenters. The van der Waals surface area contributed by atoms with Gasteiger partial charge in [-0.25, -0.2) is 8.42 Å². The molecule has 4 rings (SSSR count). The van der Waals surface area contributed by atoms with Crippen LogP contribution in [0.2, 0.25) is 0 Å². The average molecular weight is 434 g/mol. The number of hydrogen-bond acceptors (Lipinski definition) is 6. The monoisotopic (exact) mass is 434 g/mol. The Bertz CT molecular complexity index is 1310. The number of esters is 1. The van der Waals surface area contributed by atoms with Gasteiger partial charge in [0.2, 0.25) is 0 Å². The van der Waals surface area contributed by atoms with E-state index < -0.39 is 32.6 Å². The maximum absolute atomic E-state index is 13.5. The van der Waals surface area contributed by atoms with Gasteiger partial charge in [-0.15, -0.1) is 0 Å². The highest BCUT2D eigenvalue weighted by Crippen LogP contribution is 2.37. The third-order valence-corrected chi connectivity index (χ3v) is 7.15. The Morgan fingerprint density at radius 3 is 2.03 bits per heavy atom. The molecule has 0 spiro atoms. The molecule has 1 aliphatic rings. The molecule has 3 aromatic rings. The van der Waals surface area contributed by atoms with Crippen LogP contribution in [0.4, 0.5) is 0 Å². The molecular formula is C24H18O6S. The minimum absolute atomic E-state index is 0.0373. The molecule has 1 aliphatic carbocycles. The molecule has 0 saturated carbocycles. The summed E-state index contributed by atoms with van der Waals surface area (Å²) in [4.78, 5) is 39.2. The number of sulfone groups is 1. The van der Waals surface area contributed by atoms with E-state index in [0.29, 0.717) is 0 Å². The molecule has 0 fully saturated rings. The van der Waals surface area contributed by atoms with Crippen molar-refractivity contribution in [2.45, 2.75) is 17.1 Å². The summed E-state index contributed by atoms with van der Waals surface area (Å²) in [5, 5.41) is -1.79. The van der Waals surface area contributed by atoms with Gasteiger partial charge in [0.25, 0.3) is 0 Å². The molecule has 0 saturated heterocycles. The lowest BCUT2D eigenvalue weighted by atomic mass is 9.81. The summed E-state index contributed by atoms with van der Waals surface area (Å²) in [6.07, 6.45) is 0. The fourth-order valence-corrected chi connectivity index (χ4v) is 5.44. The maximum atomic E-state index is 13.5. The zero-order valence-corrected chi connectivity index (χ0v) is 17.4. The van der Waals surface area contributed by atoms with Crippen molar-refractivity contribution in [3.8, 4) is 0 Å². The molecule has 31 heavy (non-hydrogen) atoms. The van der Waals surface area contributed by atoms with E-state index in [-0.39, 0.29) is 39.3 Å². The van der Waals surface area contributed by atoms with Crippen molar-refractivity contribution >= 4 is 27.4 Å². The van der Waals surface area contributed by atoms with Gasteiger partial charge in [-0.2, -0.15) is 0 Å². The summed E-state index contributed by atoms with van der Waals surface area (Å²) in [6.45, 7) is 1.53. The van der Waals surface area contributed by atoms with Crippen LogP contribution in [0.3, 0.4) is 0 Å². The highest BCUT2D eigenvalue weighted by molar-refractivity contribution is 7.92. The Kier molecular flexibility index (Phi) is 5.29. The predicted molar refractivity (Wildman–Crippen MR) is 113 cm³/mol. The summed E-state index contributed by atoms with van der Waals surface area (Å²) >= 11 is 0. The van der Waals surface area contributed by atoms with Gasteiger partial charge in [-0.05, 0) is 24.6 Å². The van der Waals surface area contributed by atoms with Gasteiger partial charge in [-0.3, -0.25) is 14.4 Å². The molecule has 0 aromatic heterocycles. The number of benzene rings is 3. The minimum Gasteiger partial charge on any atom is -0.465 e. The third kappa shape index (κ3) is 3.37. The average Bonchev–Trinajstić information content (AvgIpc) is 2.78. The van der Waals surface area contributed by atoms with Crippen molar-refractivity contribution in [1.29, 1.82) is 0 Å². The van der Waals surface area contributed by atoms with Crippen LogP contribution >= 0.6 is 0 Å². The lowest BCUT2D eigenvalue weighted by Gasteiger charge is -2.24. The summed E-state index contributed by atoms with van der Waals surface area (Å²) in [5.74, 6) is -1.90. The van der Waals surface area contributed by atoms with Gasteiger partial charge in [0, 0.05) is 22.3 Å². The zero-order valence-electron chi connectivity index (χ0n) is 16.6. The van der Waals surface area contributed by atoms with Gasteiger partial charge in [0.15, 0.2) is 26.7 Å². The molecule has 156 valence electrons. The van der Waals surface area contributed by atoms with E-state index in [1.54, 1.807) is 43.3 Å². The largest absolute Gasteiger partial charge is 0.465 e. The van der Waals surface area contributed by atoms with E-state index >= 15 is 0 Å². The van der Waals surface area contributed by atoms with Crippen LogP contribution in [0, 0.1) is 0 Å². The second-order valence-corrected chi connectivity index (χ2v) is 9.00. The van der Waals surface area contributed by atoms with Crippen molar-refractivity contribution in [2.75, 3.05) is 6.61 Å². The SMILES string of the molecule is CCOC(=O)C(c1cccc2c1C(=O)c1ccccc1C2=O)S(=O)(=O)c1ccccc1. The fraction of sp³-hybridized carbons (Fsp3) is 0.125. The van der Waals surface area contributed by atoms with Crippen molar-refractivity contribution in [1.82, 2.24) is 0 Å². The second-order valence-electron chi connectivity index (χ2n) is 6.96. The van der Waals surface area contributed by atoms with Crippen LogP contribution in [0.1, 0.15) is 49.6 Å². The van der Waals surface area contributed by atoms with Crippen molar-refractivity contribution in [3.63, 3.8) is 0 Å². The molecule has 0 radical (unpaired) electrons. The fourth-order valence-electron chi connectivity index (χ4n) is 3.78. The Balaban J connectivity index is 1.98. The zero-order chi connectivity index (χ0) is 22.2. The molecule has 0 N–H and O–H groups in total. The summed E-state index contributed by atoms with van der Waals surface area (Å²) in [5.41, 5.74) is 0.345. The molecule has 0 bridgehead atoms. The lowest BCUT2D eigenvalue weighted by molar-refractivity contribution is -0.142. The Hall–Kier alpha value is -3.58. The van der Waals surface area contributed by atoms with Crippen molar-refractivity contribution in [2.24, 2.45) is 0 Å². The quantitative estimate of drug-likeness (QED) is 0.446. The number of ketones is 2. The van der Waals surface area contributed by atoms with E-state index in [0.717, 1.165) is 0 Å². The van der Waals surface area contributed by atoms with Crippen LogP contribution in [-0.4, -0.2) is 32.6 Å². The van der Waals surface area contributed by atoms with E-state index in [2.05, 4.69) is 0 Å². The topological polar surface area (TPSA) is 94.6 Å². The summed E-state index contributed by atoms with van der Waals surface area (Å²) in [6, 6.07) is 18.2. The number of hydrogen-bond donors (Lipinski definition) is 0. The Labute approximate surface area is 179 Å². The standard InChI is InChI=1S/C24H18O6S/c1-2-30-24(27)23(31(28,29)15-9-4-3-5-10-15)19-14-8-13-18-20(19)22(26)17-12-7-6-11-16(17)21(18)25/h3-14,23H,2H2,1H3. The predicted octanol–water partition coefficient (Wildman–Crippen LogP) is 3.54. The smallest absolute Gasteiger partial charge is 0.329 e.